The fraction of sp³-hybridized carbons (Fsp3) is 0.438. The van der Waals surface area contributed by atoms with E-state index in [2.05, 4.69) is 62.8 Å². The molecule has 1 aliphatic carbocycles. The Morgan fingerprint density at radius 1 is 0.947 bits per heavy atom. The number of halogens is 1. The van der Waals surface area contributed by atoms with Gasteiger partial charge >= 0.3 is 0 Å². The van der Waals surface area contributed by atoms with Gasteiger partial charge in [0, 0.05) is 15.3 Å². The van der Waals surface area contributed by atoms with Crippen LogP contribution in [0.5, 0.6) is 0 Å². The van der Waals surface area contributed by atoms with Crippen LogP contribution in [0.25, 0.3) is 11.1 Å². The first-order valence-corrected chi connectivity index (χ1v) is 8.21. The second-order valence-corrected chi connectivity index (χ2v) is 6.61. The summed E-state index contributed by atoms with van der Waals surface area (Å²) in [6.45, 7) is 0. The average molecular weight is 366 g/mol. The third-order valence-electron chi connectivity index (χ3n) is 3.98. The van der Waals surface area contributed by atoms with Crippen molar-refractivity contribution >= 4 is 22.6 Å². The van der Waals surface area contributed by atoms with Gasteiger partial charge in [-0.1, -0.05) is 37.8 Å². The van der Waals surface area contributed by atoms with E-state index in [1.807, 2.05) is 6.20 Å². The number of aromatic nitrogens is 2. The van der Waals surface area contributed by atoms with Crippen molar-refractivity contribution in [3.63, 3.8) is 0 Å². The Kier molecular flexibility index (Phi) is 4.21. The first-order valence-electron chi connectivity index (χ1n) is 7.13. The van der Waals surface area contributed by atoms with E-state index >= 15 is 0 Å². The van der Waals surface area contributed by atoms with Crippen LogP contribution in [0.1, 0.15) is 44.6 Å². The predicted molar refractivity (Wildman–Crippen MR) is 87.1 cm³/mol. The van der Waals surface area contributed by atoms with Gasteiger partial charge in [0.1, 0.15) is 0 Å². The van der Waals surface area contributed by atoms with E-state index in [0.29, 0.717) is 6.04 Å². The third kappa shape index (κ3) is 3.19. The molecular formula is C16H19IN2. The molecule has 100 valence electrons. The lowest BCUT2D eigenvalue weighted by Gasteiger charge is -2.14. The molecule has 0 saturated heterocycles. The number of nitrogens with zero attached hydrogens (tertiary/aromatic N) is 2. The quantitative estimate of drug-likeness (QED) is 0.537. The molecule has 1 heterocycles. The second kappa shape index (κ2) is 6.07. The Balaban J connectivity index is 1.80. The minimum Gasteiger partial charge on any atom is -0.269 e. The van der Waals surface area contributed by atoms with Crippen molar-refractivity contribution in [1.29, 1.82) is 0 Å². The lowest BCUT2D eigenvalue weighted by Crippen LogP contribution is -2.08. The molecule has 3 rings (SSSR count). The topological polar surface area (TPSA) is 17.8 Å². The van der Waals surface area contributed by atoms with Crippen molar-refractivity contribution in [2.24, 2.45) is 0 Å². The highest BCUT2D eigenvalue weighted by Crippen LogP contribution is 2.28. The lowest BCUT2D eigenvalue weighted by atomic mass is 10.1. The maximum Gasteiger partial charge on any atom is 0.0568 e. The Bertz CT molecular complexity index is 522. The molecule has 0 bridgehead atoms. The third-order valence-corrected chi connectivity index (χ3v) is 4.70. The summed E-state index contributed by atoms with van der Waals surface area (Å²) in [6, 6.07) is 9.27. The fourth-order valence-electron chi connectivity index (χ4n) is 2.85. The van der Waals surface area contributed by atoms with Gasteiger partial charge in [0.15, 0.2) is 0 Å². The Morgan fingerprint density at radius 3 is 2.32 bits per heavy atom. The Hall–Kier alpha value is -0.840. The van der Waals surface area contributed by atoms with E-state index < -0.39 is 0 Å². The molecule has 1 aromatic heterocycles. The van der Waals surface area contributed by atoms with Crippen molar-refractivity contribution in [2.45, 2.75) is 44.6 Å². The Labute approximate surface area is 128 Å². The molecule has 3 heteroatoms. The van der Waals surface area contributed by atoms with Crippen LogP contribution in [-0.2, 0) is 0 Å². The molecule has 19 heavy (non-hydrogen) atoms. The summed E-state index contributed by atoms with van der Waals surface area (Å²) in [7, 11) is 0. The molecule has 1 fully saturated rings. The lowest BCUT2D eigenvalue weighted by molar-refractivity contribution is 0.405. The molecule has 0 spiro atoms. The average Bonchev–Trinajstić information content (AvgIpc) is 2.76. The van der Waals surface area contributed by atoms with Gasteiger partial charge in [0.25, 0.3) is 0 Å². The zero-order chi connectivity index (χ0) is 13.1. The summed E-state index contributed by atoms with van der Waals surface area (Å²) in [5.74, 6) is 0. The van der Waals surface area contributed by atoms with Gasteiger partial charge < -0.3 is 0 Å². The van der Waals surface area contributed by atoms with Gasteiger partial charge in [0.05, 0.1) is 12.2 Å². The minimum atomic E-state index is 0.611. The Morgan fingerprint density at radius 2 is 1.63 bits per heavy atom. The summed E-state index contributed by atoms with van der Waals surface area (Å²) < 4.78 is 3.47. The minimum absolute atomic E-state index is 0.611. The van der Waals surface area contributed by atoms with Crippen molar-refractivity contribution < 1.29 is 0 Å². The van der Waals surface area contributed by atoms with Crippen LogP contribution in [0.4, 0.5) is 0 Å². The maximum atomic E-state index is 4.60. The standard InChI is InChI=1S/C16H19IN2/c17-15-9-7-13(8-10-15)14-11-18-19(12-14)16-5-3-1-2-4-6-16/h7-12,16H,1-6H2. The van der Waals surface area contributed by atoms with Gasteiger partial charge in [0.2, 0.25) is 0 Å². The van der Waals surface area contributed by atoms with E-state index in [1.165, 1.54) is 53.2 Å². The van der Waals surface area contributed by atoms with E-state index in [4.69, 9.17) is 0 Å². The zero-order valence-electron chi connectivity index (χ0n) is 11.1. The smallest absolute Gasteiger partial charge is 0.0568 e. The molecule has 1 saturated carbocycles. The van der Waals surface area contributed by atoms with E-state index in [9.17, 15) is 0 Å². The van der Waals surface area contributed by atoms with Crippen LogP contribution in [0.3, 0.4) is 0 Å². The van der Waals surface area contributed by atoms with Crippen LogP contribution < -0.4 is 0 Å². The highest BCUT2D eigenvalue weighted by molar-refractivity contribution is 14.1. The SMILES string of the molecule is Ic1ccc(-c2cnn(C3CCCCCC3)c2)cc1. The molecular weight excluding hydrogens is 347 g/mol. The molecule has 0 atom stereocenters. The summed E-state index contributed by atoms with van der Waals surface area (Å²) >= 11 is 2.34. The van der Waals surface area contributed by atoms with Crippen LogP contribution in [0.15, 0.2) is 36.7 Å². The molecule has 1 aliphatic rings. The number of rotatable bonds is 2. The normalized spacial score (nSPS) is 17.3. The zero-order valence-corrected chi connectivity index (χ0v) is 13.2. The molecule has 0 aliphatic heterocycles. The summed E-state index contributed by atoms with van der Waals surface area (Å²) in [4.78, 5) is 0. The van der Waals surface area contributed by atoms with Crippen LogP contribution in [0, 0.1) is 3.57 Å². The highest BCUT2D eigenvalue weighted by atomic mass is 127. The van der Waals surface area contributed by atoms with Crippen molar-refractivity contribution in [1.82, 2.24) is 9.78 Å². The van der Waals surface area contributed by atoms with Gasteiger partial charge in [-0.05, 0) is 53.1 Å². The molecule has 0 radical (unpaired) electrons. The summed E-state index contributed by atoms with van der Waals surface area (Å²) in [5.41, 5.74) is 2.50. The van der Waals surface area contributed by atoms with E-state index in [1.54, 1.807) is 0 Å². The van der Waals surface area contributed by atoms with Crippen LogP contribution in [-0.4, -0.2) is 9.78 Å². The van der Waals surface area contributed by atoms with Crippen molar-refractivity contribution in [3.8, 4) is 11.1 Å². The van der Waals surface area contributed by atoms with Crippen molar-refractivity contribution in [2.75, 3.05) is 0 Å². The van der Waals surface area contributed by atoms with Crippen LogP contribution in [0.2, 0.25) is 0 Å². The van der Waals surface area contributed by atoms with Gasteiger partial charge in [-0.15, -0.1) is 0 Å². The molecule has 2 aromatic rings. The number of hydrogen-bond acceptors (Lipinski definition) is 1. The molecule has 0 amide bonds. The fourth-order valence-corrected chi connectivity index (χ4v) is 3.21. The van der Waals surface area contributed by atoms with E-state index in [-0.39, 0.29) is 0 Å². The van der Waals surface area contributed by atoms with Gasteiger partial charge in [-0.2, -0.15) is 5.10 Å². The first-order chi connectivity index (χ1) is 9.33. The van der Waals surface area contributed by atoms with Crippen molar-refractivity contribution in [3.05, 3.63) is 40.2 Å². The van der Waals surface area contributed by atoms with Gasteiger partial charge in [-0.3, -0.25) is 4.68 Å². The molecule has 0 N–H and O–H groups in total. The predicted octanol–water partition coefficient (Wildman–Crippen LogP) is 5.05. The highest BCUT2D eigenvalue weighted by Gasteiger charge is 2.15. The number of hydrogen-bond donors (Lipinski definition) is 0. The van der Waals surface area contributed by atoms with Crippen LogP contribution >= 0.6 is 22.6 Å². The van der Waals surface area contributed by atoms with E-state index in [0.717, 1.165) is 0 Å². The van der Waals surface area contributed by atoms with Gasteiger partial charge in [-0.25, -0.2) is 0 Å². The summed E-state index contributed by atoms with van der Waals surface area (Å²) in [6.07, 6.45) is 12.3. The number of benzene rings is 1. The molecule has 2 nitrogen and oxygen atoms in total. The molecule has 1 aromatic carbocycles. The summed E-state index contributed by atoms with van der Waals surface area (Å²) in [5, 5.41) is 4.60. The largest absolute Gasteiger partial charge is 0.269 e. The monoisotopic (exact) mass is 366 g/mol. The molecule has 0 unspecified atom stereocenters. The maximum absolute atomic E-state index is 4.60. The first kappa shape index (κ1) is 13.2. The second-order valence-electron chi connectivity index (χ2n) is 5.36.